The zero-order valence-electron chi connectivity index (χ0n) is 8.12. The van der Waals surface area contributed by atoms with Gasteiger partial charge in [-0.25, -0.2) is 0 Å². The van der Waals surface area contributed by atoms with Crippen LogP contribution in [0, 0.1) is 5.41 Å². The van der Waals surface area contributed by atoms with Crippen LogP contribution in [0.2, 0.25) is 0 Å². The van der Waals surface area contributed by atoms with Crippen LogP contribution in [0.3, 0.4) is 0 Å². The minimum atomic E-state index is -0.391. The van der Waals surface area contributed by atoms with E-state index in [2.05, 4.69) is 0 Å². The van der Waals surface area contributed by atoms with Crippen molar-refractivity contribution in [1.29, 1.82) is 0 Å². The van der Waals surface area contributed by atoms with Crippen LogP contribution >= 0.6 is 0 Å². The van der Waals surface area contributed by atoms with E-state index in [1.165, 1.54) is 12.8 Å². The number of hydrogen-bond donors (Lipinski definition) is 1. The minimum Gasteiger partial charge on any atom is -0.392 e. The topological polar surface area (TPSA) is 40.5 Å². The molecule has 2 rings (SSSR count). The lowest BCUT2D eigenvalue weighted by molar-refractivity contribution is -0.137. The molecular weight excluding hydrogens is 166 g/mol. The highest BCUT2D eigenvalue weighted by Crippen LogP contribution is 2.53. The Morgan fingerprint density at radius 2 is 2.23 bits per heavy atom. The van der Waals surface area contributed by atoms with Gasteiger partial charge in [-0.3, -0.25) is 4.79 Å². The maximum Gasteiger partial charge on any atom is 0.223 e. The maximum absolute atomic E-state index is 11.6. The third-order valence-electron chi connectivity index (χ3n) is 3.23. The van der Waals surface area contributed by atoms with Gasteiger partial charge in [-0.05, 0) is 31.6 Å². The van der Waals surface area contributed by atoms with E-state index in [-0.39, 0.29) is 5.91 Å². The predicted molar refractivity (Wildman–Crippen MR) is 49.2 cm³/mol. The number of amides is 1. The van der Waals surface area contributed by atoms with E-state index >= 15 is 0 Å². The van der Waals surface area contributed by atoms with Crippen molar-refractivity contribution < 1.29 is 9.90 Å². The van der Waals surface area contributed by atoms with Crippen LogP contribution in [0.5, 0.6) is 0 Å². The monoisotopic (exact) mass is 183 g/mol. The molecule has 74 valence electrons. The number of carbonyl (C=O) groups excluding carboxylic acids is 1. The molecule has 1 heterocycles. The molecular formula is C10H17NO2. The van der Waals surface area contributed by atoms with E-state index in [9.17, 15) is 9.90 Å². The lowest BCUT2D eigenvalue weighted by Crippen LogP contribution is -2.42. The van der Waals surface area contributed by atoms with E-state index in [0.29, 0.717) is 12.0 Å². The fourth-order valence-electron chi connectivity index (χ4n) is 2.13. The lowest BCUT2D eigenvalue weighted by Gasteiger charge is -2.32. The smallest absolute Gasteiger partial charge is 0.223 e. The fraction of sp³-hybridized carbons (Fsp3) is 0.900. The van der Waals surface area contributed by atoms with E-state index in [1.54, 1.807) is 11.8 Å². The van der Waals surface area contributed by atoms with Crippen molar-refractivity contribution in [2.45, 2.75) is 38.7 Å². The first-order chi connectivity index (χ1) is 6.11. The quantitative estimate of drug-likeness (QED) is 0.687. The zero-order chi connectivity index (χ0) is 9.47. The van der Waals surface area contributed by atoms with Crippen molar-refractivity contribution in [3.63, 3.8) is 0 Å². The average Bonchev–Trinajstić information content (AvgIpc) is 2.76. The van der Waals surface area contributed by atoms with Crippen molar-refractivity contribution in [3.8, 4) is 0 Å². The van der Waals surface area contributed by atoms with Gasteiger partial charge >= 0.3 is 0 Å². The van der Waals surface area contributed by atoms with Crippen molar-refractivity contribution in [2.24, 2.45) is 5.41 Å². The van der Waals surface area contributed by atoms with Gasteiger partial charge in [0.1, 0.15) is 0 Å². The molecule has 2 fully saturated rings. The number of hydrogen-bond acceptors (Lipinski definition) is 2. The molecule has 1 aliphatic heterocycles. The van der Waals surface area contributed by atoms with Crippen LogP contribution in [0.1, 0.15) is 32.6 Å². The molecule has 0 bridgehead atoms. The summed E-state index contributed by atoms with van der Waals surface area (Å²) < 4.78 is 0. The first-order valence-corrected chi connectivity index (χ1v) is 5.07. The van der Waals surface area contributed by atoms with Crippen LogP contribution in [-0.2, 0) is 4.79 Å². The molecule has 3 heteroatoms. The molecule has 1 unspecified atom stereocenters. The van der Waals surface area contributed by atoms with E-state index < -0.39 is 6.10 Å². The number of aliphatic hydroxyl groups excluding tert-OH is 1. The Kier molecular flexibility index (Phi) is 2.06. The molecule has 1 aliphatic carbocycles. The SMILES string of the molecule is CC(O)CN1CCC2(CC2)CC1=O. The molecule has 1 N–H and O–H groups in total. The molecule has 1 atom stereocenters. The third-order valence-corrected chi connectivity index (χ3v) is 3.23. The largest absolute Gasteiger partial charge is 0.392 e. The summed E-state index contributed by atoms with van der Waals surface area (Å²) in [5.74, 6) is 0.240. The molecule has 1 spiro atoms. The Bertz CT molecular complexity index is 221. The molecule has 1 saturated heterocycles. The molecule has 0 aromatic rings. The van der Waals surface area contributed by atoms with Gasteiger partial charge in [0.2, 0.25) is 5.91 Å². The molecule has 0 aromatic carbocycles. The van der Waals surface area contributed by atoms with E-state index in [0.717, 1.165) is 19.4 Å². The van der Waals surface area contributed by atoms with Gasteiger partial charge in [0.05, 0.1) is 6.10 Å². The van der Waals surface area contributed by atoms with Crippen molar-refractivity contribution in [3.05, 3.63) is 0 Å². The Morgan fingerprint density at radius 3 is 2.69 bits per heavy atom. The van der Waals surface area contributed by atoms with Gasteiger partial charge in [-0.2, -0.15) is 0 Å². The fourth-order valence-corrected chi connectivity index (χ4v) is 2.13. The standard InChI is InChI=1S/C10H17NO2/c1-8(12)7-11-5-4-10(2-3-10)6-9(11)13/h8,12H,2-7H2,1H3. The number of carbonyl (C=O) groups is 1. The highest BCUT2D eigenvalue weighted by atomic mass is 16.3. The van der Waals surface area contributed by atoms with Crippen molar-refractivity contribution in [1.82, 2.24) is 4.90 Å². The second-order valence-electron chi connectivity index (χ2n) is 4.62. The number of piperidine rings is 1. The van der Waals surface area contributed by atoms with E-state index in [1.807, 2.05) is 0 Å². The second kappa shape index (κ2) is 2.98. The van der Waals surface area contributed by atoms with Gasteiger partial charge in [0.25, 0.3) is 0 Å². The molecule has 13 heavy (non-hydrogen) atoms. The van der Waals surface area contributed by atoms with Gasteiger partial charge in [0.15, 0.2) is 0 Å². The zero-order valence-corrected chi connectivity index (χ0v) is 8.12. The van der Waals surface area contributed by atoms with Crippen LogP contribution in [-0.4, -0.2) is 35.1 Å². The Hall–Kier alpha value is -0.570. The summed E-state index contributed by atoms with van der Waals surface area (Å²) in [7, 11) is 0. The first-order valence-electron chi connectivity index (χ1n) is 5.07. The summed E-state index contributed by atoms with van der Waals surface area (Å²) in [6.07, 6.45) is 3.95. The van der Waals surface area contributed by atoms with Gasteiger partial charge in [-0.15, -0.1) is 0 Å². The van der Waals surface area contributed by atoms with Crippen molar-refractivity contribution in [2.75, 3.05) is 13.1 Å². The van der Waals surface area contributed by atoms with Crippen LogP contribution < -0.4 is 0 Å². The lowest BCUT2D eigenvalue weighted by atomic mass is 9.93. The van der Waals surface area contributed by atoms with Crippen LogP contribution in [0.25, 0.3) is 0 Å². The second-order valence-corrected chi connectivity index (χ2v) is 4.62. The van der Waals surface area contributed by atoms with Gasteiger partial charge in [-0.1, -0.05) is 0 Å². The highest BCUT2D eigenvalue weighted by molar-refractivity contribution is 5.78. The third kappa shape index (κ3) is 1.85. The number of aliphatic hydroxyl groups is 1. The summed E-state index contributed by atoms with van der Waals surface area (Å²) in [5.41, 5.74) is 0.395. The molecule has 3 nitrogen and oxygen atoms in total. The maximum atomic E-state index is 11.6. The Labute approximate surface area is 78.7 Å². The summed E-state index contributed by atoms with van der Waals surface area (Å²) in [5, 5.41) is 9.17. The summed E-state index contributed by atoms with van der Waals surface area (Å²) in [6.45, 7) is 3.09. The average molecular weight is 183 g/mol. The Balaban J connectivity index is 1.90. The van der Waals surface area contributed by atoms with Crippen LogP contribution in [0.4, 0.5) is 0 Å². The predicted octanol–water partition coefficient (Wildman–Crippen LogP) is 0.770. The summed E-state index contributed by atoms with van der Waals surface area (Å²) in [4.78, 5) is 13.4. The summed E-state index contributed by atoms with van der Waals surface area (Å²) in [6, 6.07) is 0. The normalized spacial score (nSPS) is 27.8. The highest BCUT2D eigenvalue weighted by Gasteiger charge is 2.47. The number of rotatable bonds is 2. The van der Waals surface area contributed by atoms with Gasteiger partial charge < -0.3 is 10.0 Å². The number of likely N-dealkylation sites (tertiary alicyclic amines) is 1. The minimum absolute atomic E-state index is 0.240. The summed E-state index contributed by atoms with van der Waals surface area (Å²) >= 11 is 0. The van der Waals surface area contributed by atoms with Gasteiger partial charge in [0, 0.05) is 19.5 Å². The molecule has 1 amide bonds. The van der Waals surface area contributed by atoms with E-state index in [4.69, 9.17) is 0 Å². The van der Waals surface area contributed by atoms with Crippen LogP contribution in [0.15, 0.2) is 0 Å². The number of nitrogens with zero attached hydrogens (tertiary/aromatic N) is 1. The Morgan fingerprint density at radius 1 is 1.54 bits per heavy atom. The molecule has 0 radical (unpaired) electrons. The molecule has 1 saturated carbocycles. The van der Waals surface area contributed by atoms with Crippen molar-refractivity contribution >= 4 is 5.91 Å². The number of β-amino-alcohol motifs (C(OH)–C–C–N with tert-alkyl or cyclic N) is 1. The molecule has 0 aromatic heterocycles. The first kappa shape index (κ1) is 9.00. The molecule has 2 aliphatic rings.